The van der Waals surface area contributed by atoms with Crippen LogP contribution in [-0.4, -0.2) is 25.6 Å². The Labute approximate surface area is 169 Å². The molecule has 4 aromatic rings. The molecule has 1 atom stereocenters. The Morgan fingerprint density at radius 2 is 2.03 bits per heavy atom. The Kier molecular flexibility index (Phi) is 5.09. The van der Waals surface area contributed by atoms with Crippen molar-refractivity contribution in [1.29, 1.82) is 0 Å². The number of imidazole rings is 1. The molecule has 3 aromatic heterocycles. The van der Waals surface area contributed by atoms with Gasteiger partial charge in [-0.1, -0.05) is 17.7 Å². The third kappa shape index (κ3) is 4.02. The SMILES string of the molecule is C[C@@H](OC(=O)/C=C/c1c(Cl)nc2ccccn12)c1nnc(-c2ccc(F)cc2)o1. The minimum atomic E-state index is -0.772. The van der Waals surface area contributed by atoms with Crippen molar-refractivity contribution in [2.24, 2.45) is 0 Å². The molecule has 4 rings (SSSR count). The van der Waals surface area contributed by atoms with Gasteiger partial charge < -0.3 is 9.15 Å². The highest BCUT2D eigenvalue weighted by Gasteiger charge is 2.18. The highest BCUT2D eigenvalue weighted by molar-refractivity contribution is 6.31. The third-order valence-corrected chi connectivity index (χ3v) is 4.35. The minimum absolute atomic E-state index is 0.124. The van der Waals surface area contributed by atoms with E-state index in [1.54, 1.807) is 23.6 Å². The van der Waals surface area contributed by atoms with E-state index in [0.717, 1.165) is 0 Å². The third-order valence-electron chi connectivity index (χ3n) is 4.07. The summed E-state index contributed by atoms with van der Waals surface area (Å²) in [7, 11) is 0. The lowest BCUT2D eigenvalue weighted by atomic mass is 10.2. The first-order valence-electron chi connectivity index (χ1n) is 8.62. The number of fused-ring (bicyclic) bond motifs is 1. The number of aromatic nitrogens is 4. The fourth-order valence-corrected chi connectivity index (χ4v) is 2.89. The van der Waals surface area contributed by atoms with E-state index < -0.39 is 12.1 Å². The number of carbonyl (C=O) groups is 1. The molecule has 0 fully saturated rings. The van der Waals surface area contributed by atoms with Crippen LogP contribution in [0, 0.1) is 5.82 Å². The standard InChI is InChI=1S/C20H14ClFN4O3/c1-12(19-24-25-20(29-19)13-5-7-14(22)8-6-13)28-17(27)10-9-15-18(21)23-16-4-2-3-11-26(15)16/h2-12H,1H3/b10-9+/t12-/m1/s1. The summed E-state index contributed by atoms with van der Waals surface area (Å²) in [6.07, 6.45) is 3.79. The summed E-state index contributed by atoms with van der Waals surface area (Å²) in [6, 6.07) is 11.1. The van der Waals surface area contributed by atoms with E-state index in [4.69, 9.17) is 20.8 Å². The maximum absolute atomic E-state index is 13.0. The van der Waals surface area contributed by atoms with Crippen molar-refractivity contribution in [3.8, 4) is 11.5 Å². The van der Waals surface area contributed by atoms with Crippen molar-refractivity contribution in [1.82, 2.24) is 19.6 Å². The predicted octanol–water partition coefficient (Wildman–Crippen LogP) is 4.49. The van der Waals surface area contributed by atoms with Crippen molar-refractivity contribution in [3.05, 3.63) is 77.3 Å². The average Bonchev–Trinajstić information content (AvgIpc) is 3.31. The summed E-state index contributed by atoms with van der Waals surface area (Å²) < 4.78 is 25.6. The van der Waals surface area contributed by atoms with E-state index >= 15 is 0 Å². The molecule has 146 valence electrons. The molecule has 7 nitrogen and oxygen atoms in total. The molecule has 1 aromatic carbocycles. The molecular weight excluding hydrogens is 399 g/mol. The van der Waals surface area contributed by atoms with Crippen LogP contribution >= 0.6 is 11.6 Å². The first-order valence-corrected chi connectivity index (χ1v) is 8.99. The highest BCUT2D eigenvalue weighted by Crippen LogP contribution is 2.23. The van der Waals surface area contributed by atoms with Crippen LogP contribution in [0.5, 0.6) is 0 Å². The van der Waals surface area contributed by atoms with Gasteiger partial charge in [-0.2, -0.15) is 0 Å². The lowest BCUT2D eigenvalue weighted by molar-refractivity contribution is -0.143. The van der Waals surface area contributed by atoms with Gasteiger partial charge in [0, 0.05) is 17.8 Å². The number of ether oxygens (including phenoxy) is 1. The summed E-state index contributed by atoms with van der Waals surface area (Å²) >= 11 is 6.13. The van der Waals surface area contributed by atoms with Gasteiger partial charge in [0.1, 0.15) is 11.5 Å². The van der Waals surface area contributed by atoms with Gasteiger partial charge in [0.15, 0.2) is 11.3 Å². The monoisotopic (exact) mass is 412 g/mol. The number of carbonyl (C=O) groups excluding carboxylic acids is 1. The van der Waals surface area contributed by atoms with E-state index in [2.05, 4.69) is 15.2 Å². The molecule has 0 N–H and O–H groups in total. The number of hydrogen-bond donors (Lipinski definition) is 0. The van der Waals surface area contributed by atoms with Crippen molar-refractivity contribution < 1.29 is 18.3 Å². The highest BCUT2D eigenvalue weighted by atomic mass is 35.5. The number of rotatable bonds is 5. The fraction of sp³-hybridized carbons (Fsp3) is 0.100. The van der Waals surface area contributed by atoms with E-state index in [1.807, 2.05) is 12.1 Å². The fourth-order valence-electron chi connectivity index (χ4n) is 2.65. The smallest absolute Gasteiger partial charge is 0.331 e. The van der Waals surface area contributed by atoms with Crippen molar-refractivity contribution >= 4 is 29.3 Å². The first-order chi connectivity index (χ1) is 14.0. The van der Waals surface area contributed by atoms with Gasteiger partial charge in [-0.3, -0.25) is 4.40 Å². The van der Waals surface area contributed by atoms with Gasteiger partial charge in [-0.05, 0) is 49.4 Å². The van der Waals surface area contributed by atoms with E-state index in [9.17, 15) is 9.18 Å². The second kappa shape index (κ2) is 7.84. The molecule has 0 aliphatic heterocycles. The van der Waals surface area contributed by atoms with Crippen LogP contribution in [0.15, 0.2) is 59.2 Å². The van der Waals surface area contributed by atoms with Gasteiger partial charge >= 0.3 is 5.97 Å². The quantitative estimate of drug-likeness (QED) is 0.354. The lowest BCUT2D eigenvalue weighted by Crippen LogP contribution is -2.06. The molecule has 0 unspecified atom stereocenters. The second-order valence-electron chi connectivity index (χ2n) is 6.08. The zero-order valence-corrected chi connectivity index (χ0v) is 15.9. The summed E-state index contributed by atoms with van der Waals surface area (Å²) in [5.41, 5.74) is 1.78. The molecule has 0 aliphatic rings. The van der Waals surface area contributed by atoms with Gasteiger partial charge in [-0.15, -0.1) is 10.2 Å². The van der Waals surface area contributed by atoms with Crippen LogP contribution in [0.3, 0.4) is 0 Å². The lowest BCUT2D eigenvalue weighted by Gasteiger charge is -2.06. The zero-order chi connectivity index (χ0) is 20.4. The summed E-state index contributed by atoms with van der Waals surface area (Å²) in [6.45, 7) is 1.61. The van der Waals surface area contributed by atoms with Crippen LogP contribution in [-0.2, 0) is 9.53 Å². The molecule has 0 saturated carbocycles. The number of pyridine rings is 1. The number of halogens is 2. The number of nitrogens with zero attached hydrogens (tertiary/aromatic N) is 4. The molecule has 29 heavy (non-hydrogen) atoms. The second-order valence-corrected chi connectivity index (χ2v) is 6.44. The Balaban J connectivity index is 1.45. The first kappa shape index (κ1) is 18.8. The van der Waals surface area contributed by atoms with Gasteiger partial charge in [0.2, 0.25) is 5.89 Å². The molecule has 0 saturated heterocycles. The van der Waals surface area contributed by atoms with Crippen molar-refractivity contribution in [3.63, 3.8) is 0 Å². The topological polar surface area (TPSA) is 82.5 Å². The van der Waals surface area contributed by atoms with Crippen LogP contribution in [0.2, 0.25) is 5.15 Å². The van der Waals surface area contributed by atoms with Crippen LogP contribution in [0.4, 0.5) is 4.39 Å². The summed E-state index contributed by atoms with van der Waals surface area (Å²) in [5, 5.41) is 8.06. The molecule has 0 aliphatic carbocycles. The van der Waals surface area contributed by atoms with E-state index in [0.29, 0.717) is 16.9 Å². The van der Waals surface area contributed by atoms with E-state index in [-0.39, 0.29) is 22.8 Å². The summed E-state index contributed by atoms with van der Waals surface area (Å²) in [4.78, 5) is 16.4. The van der Waals surface area contributed by atoms with Gasteiger partial charge in [0.05, 0.1) is 5.69 Å². The normalized spacial score (nSPS) is 12.5. The molecule has 0 bridgehead atoms. The summed E-state index contributed by atoms with van der Waals surface area (Å²) in [5.74, 6) is -0.649. The maximum Gasteiger partial charge on any atom is 0.331 e. The Hall–Kier alpha value is -3.52. The largest absolute Gasteiger partial charge is 0.449 e. The van der Waals surface area contributed by atoms with Gasteiger partial charge in [0.25, 0.3) is 5.89 Å². The number of esters is 1. The van der Waals surface area contributed by atoms with Gasteiger partial charge in [-0.25, -0.2) is 14.2 Å². The molecule has 0 amide bonds. The number of hydrogen-bond acceptors (Lipinski definition) is 6. The average molecular weight is 413 g/mol. The predicted molar refractivity (Wildman–Crippen MR) is 103 cm³/mol. The van der Waals surface area contributed by atoms with Crippen LogP contribution in [0.25, 0.3) is 23.2 Å². The van der Waals surface area contributed by atoms with Crippen LogP contribution < -0.4 is 0 Å². The maximum atomic E-state index is 13.0. The molecular formula is C20H14ClFN4O3. The minimum Gasteiger partial charge on any atom is -0.449 e. The zero-order valence-electron chi connectivity index (χ0n) is 15.1. The molecule has 0 radical (unpaired) electrons. The Bertz CT molecular complexity index is 1200. The van der Waals surface area contributed by atoms with Crippen molar-refractivity contribution in [2.75, 3.05) is 0 Å². The number of benzene rings is 1. The van der Waals surface area contributed by atoms with E-state index in [1.165, 1.54) is 36.4 Å². The molecule has 0 spiro atoms. The Morgan fingerprint density at radius 1 is 1.24 bits per heavy atom. The van der Waals surface area contributed by atoms with Crippen molar-refractivity contribution in [2.45, 2.75) is 13.0 Å². The molecule has 9 heteroatoms. The van der Waals surface area contributed by atoms with Crippen LogP contribution in [0.1, 0.15) is 24.6 Å². The molecule has 3 heterocycles. The Morgan fingerprint density at radius 3 is 2.83 bits per heavy atom.